The molecule has 2 aromatic rings. The summed E-state index contributed by atoms with van der Waals surface area (Å²) >= 11 is 0. The molecule has 0 unspecified atom stereocenters. The standard InChI is InChI=1S/C14H18N2O/c1-10-13(8-15(2)3)12-6-5-11(9-17)7-14(12)16(10)4/h5-7,9H,8H2,1-4H3. The molecule has 90 valence electrons. The van der Waals surface area contributed by atoms with E-state index in [1.54, 1.807) is 0 Å². The van der Waals surface area contributed by atoms with Gasteiger partial charge in [-0.15, -0.1) is 0 Å². The number of rotatable bonds is 3. The molecule has 0 fully saturated rings. The van der Waals surface area contributed by atoms with Crippen molar-refractivity contribution in [3.63, 3.8) is 0 Å². The average molecular weight is 230 g/mol. The van der Waals surface area contributed by atoms with Gasteiger partial charge in [0.25, 0.3) is 0 Å². The summed E-state index contributed by atoms with van der Waals surface area (Å²) in [4.78, 5) is 13.0. The molecule has 0 amide bonds. The number of aromatic nitrogens is 1. The highest BCUT2D eigenvalue weighted by molar-refractivity contribution is 5.90. The molecule has 0 aliphatic heterocycles. The lowest BCUT2D eigenvalue weighted by Crippen LogP contribution is -2.11. The van der Waals surface area contributed by atoms with Gasteiger partial charge in [0, 0.05) is 35.8 Å². The first-order chi connectivity index (χ1) is 8.04. The second kappa shape index (κ2) is 4.34. The Morgan fingerprint density at radius 1 is 1.35 bits per heavy atom. The van der Waals surface area contributed by atoms with E-state index in [1.165, 1.54) is 16.6 Å². The highest BCUT2D eigenvalue weighted by Crippen LogP contribution is 2.26. The number of carbonyl (C=O) groups excluding carboxylic acids is 1. The van der Waals surface area contributed by atoms with Crippen LogP contribution in [0.2, 0.25) is 0 Å². The van der Waals surface area contributed by atoms with Crippen LogP contribution >= 0.6 is 0 Å². The minimum Gasteiger partial charge on any atom is -0.348 e. The Morgan fingerprint density at radius 3 is 2.65 bits per heavy atom. The van der Waals surface area contributed by atoms with Crippen LogP contribution in [0.15, 0.2) is 18.2 Å². The van der Waals surface area contributed by atoms with Gasteiger partial charge in [-0.3, -0.25) is 4.79 Å². The summed E-state index contributed by atoms with van der Waals surface area (Å²) in [6, 6.07) is 5.88. The van der Waals surface area contributed by atoms with E-state index in [0.717, 1.165) is 23.9 Å². The Kier molecular flexibility index (Phi) is 3.03. The fourth-order valence-corrected chi connectivity index (χ4v) is 2.25. The maximum atomic E-state index is 10.8. The third-order valence-electron chi connectivity index (χ3n) is 3.26. The van der Waals surface area contributed by atoms with E-state index in [1.807, 2.05) is 25.2 Å². The fraction of sp³-hybridized carbons (Fsp3) is 0.357. The van der Waals surface area contributed by atoms with E-state index in [0.29, 0.717) is 0 Å². The van der Waals surface area contributed by atoms with Gasteiger partial charge in [0.05, 0.1) is 0 Å². The SMILES string of the molecule is Cc1c(CN(C)C)c2ccc(C=O)cc2n1C. The third kappa shape index (κ3) is 1.98. The Morgan fingerprint density at radius 2 is 2.06 bits per heavy atom. The van der Waals surface area contributed by atoms with Crippen molar-refractivity contribution >= 4 is 17.2 Å². The fourth-order valence-electron chi connectivity index (χ4n) is 2.25. The van der Waals surface area contributed by atoms with Crippen molar-refractivity contribution in [3.05, 3.63) is 35.0 Å². The number of nitrogens with zero attached hydrogens (tertiary/aromatic N) is 2. The monoisotopic (exact) mass is 230 g/mol. The Balaban J connectivity index is 2.68. The number of benzene rings is 1. The first-order valence-corrected chi connectivity index (χ1v) is 5.72. The number of hydrogen-bond donors (Lipinski definition) is 0. The van der Waals surface area contributed by atoms with Crippen LogP contribution in [0.4, 0.5) is 0 Å². The van der Waals surface area contributed by atoms with Gasteiger partial charge in [-0.2, -0.15) is 0 Å². The average Bonchev–Trinajstić information content (AvgIpc) is 2.54. The molecule has 0 atom stereocenters. The van der Waals surface area contributed by atoms with Crippen molar-refractivity contribution in [2.24, 2.45) is 7.05 Å². The summed E-state index contributed by atoms with van der Waals surface area (Å²) in [5, 5.41) is 1.24. The summed E-state index contributed by atoms with van der Waals surface area (Å²) in [5.74, 6) is 0. The first-order valence-electron chi connectivity index (χ1n) is 5.72. The first kappa shape index (κ1) is 11.9. The normalized spacial score (nSPS) is 11.4. The molecule has 0 aliphatic rings. The van der Waals surface area contributed by atoms with E-state index in [2.05, 4.69) is 30.5 Å². The minimum absolute atomic E-state index is 0.731. The molecular formula is C14H18N2O. The quantitative estimate of drug-likeness (QED) is 0.756. The summed E-state index contributed by atoms with van der Waals surface area (Å²) in [5.41, 5.74) is 4.46. The van der Waals surface area contributed by atoms with E-state index < -0.39 is 0 Å². The van der Waals surface area contributed by atoms with E-state index in [4.69, 9.17) is 0 Å². The van der Waals surface area contributed by atoms with Gasteiger partial charge < -0.3 is 9.47 Å². The zero-order valence-electron chi connectivity index (χ0n) is 10.8. The van der Waals surface area contributed by atoms with Gasteiger partial charge in [0.1, 0.15) is 6.29 Å². The molecule has 1 aromatic heterocycles. The number of fused-ring (bicyclic) bond motifs is 1. The second-order valence-electron chi connectivity index (χ2n) is 4.76. The maximum Gasteiger partial charge on any atom is 0.150 e. The number of aldehydes is 1. The van der Waals surface area contributed by atoms with Gasteiger partial charge >= 0.3 is 0 Å². The van der Waals surface area contributed by atoms with E-state index in [-0.39, 0.29) is 0 Å². The summed E-state index contributed by atoms with van der Waals surface area (Å²) in [6.07, 6.45) is 0.896. The van der Waals surface area contributed by atoms with Crippen LogP contribution in [-0.4, -0.2) is 29.8 Å². The lowest BCUT2D eigenvalue weighted by atomic mass is 10.1. The zero-order chi connectivity index (χ0) is 12.6. The van der Waals surface area contributed by atoms with Crippen LogP contribution in [-0.2, 0) is 13.6 Å². The molecule has 2 rings (SSSR count). The van der Waals surface area contributed by atoms with Gasteiger partial charge in [-0.25, -0.2) is 0 Å². The smallest absolute Gasteiger partial charge is 0.150 e. The van der Waals surface area contributed by atoms with Crippen molar-refractivity contribution in [1.29, 1.82) is 0 Å². The van der Waals surface area contributed by atoms with Gasteiger partial charge in [0.2, 0.25) is 0 Å². The molecule has 0 spiro atoms. The van der Waals surface area contributed by atoms with Crippen LogP contribution in [0, 0.1) is 6.92 Å². The van der Waals surface area contributed by atoms with E-state index in [9.17, 15) is 4.79 Å². The van der Waals surface area contributed by atoms with Crippen LogP contribution in [0.5, 0.6) is 0 Å². The molecular weight excluding hydrogens is 212 g/mol. The van der Waals surface area contributed by atoms with Gasteiger partial charge in [-0.05, 0) is 32.6 Å². The lowest BCUT2D eigenvalue weighted by molar-refractivity contribution is 0.112. The maximum absolute atomic E-state index is 10.8. The topological polar surface area (TPSA) is 25.2 Å². The van der Waals surface area contributed by atoms with Crippen molar-refractivity contribution in [1.82, 2.24) is 9.47 Å². The van der Waals surface area contributed by atoms with Crippen LogP contribution in [0.1, 0.15) is 21.6 Å². The molecule has 0 N–H and O–H groups in total. The van der Waals surface area contributed by atoms with Crippen molar-refractivity contribution in [2.45, 2.75) is 13.5 Å². The summed E-state index contributed by atoms with van der Waals surface area (Å²) < 4.78 is 2.15. The predicted molar refractivity (Wildman–Crippen MR) is 70.4 cm³/mol. The largest absolute Gasteiger partial charge is 0.348 e. The Bertz CT molecular complexity index is 567. The van der Waals surface area contributed by atoms with Crippen LogP contribution in [0.25, 0.3) is 10.9 Å². The zero-order valence-corrected chi connectivity index (χ0v) is 10.8. The molecule has 0 saturated carbocycles. The highest BCUT2D eigenvalue weighted by Gasteiger charge is 2.12. The predicted octanol–water partition coefficient (Wildman–Crippen LogP) is 2.36. The second-order valence-corrected chi connectivity index (χ2v) is 4.76. The van der Waals surface area contributed by atoms with Crippen molar-refractivity contribution in [3.8, 4) is 0 Å². The molecule has 0 saturated heterocycles. The number of hydrogen-bond acceptors (Lipinski definition) is 2. The Hall–Kier alpha value is -1.61. The minimum atomic E-state index is 0.731. The van der Waals surface area contributed by atoms with Crippen LogP contribution < -0.4 is 0 Å². The molecule has 0 bridgehead atoms. The summed E-state index contributed by atoms with van der Waals surface area (Å²) in [7, 11) is 6.18. The van der Waals surface area contributed by atoms with Crippen LogP contribution in [0.3, 0.4) is 0 Å². The summed E-state index contributed by atoms with van der Waals surface area (Å²) in [6.45, 7) is 3.04. The molecule has 0 aliphatic carbocycles. The molecule has 3 nitrogen and oxygen atoms in total. The van der Waals surface area contributed by atoms with E-state index >= 15 is 0 Å². The highest BCUT2D eigenvalue weighted by atomic mass is 16.1. The number of aryl methyl sites for hydroxylation is 1. The lowest BCUT2D eigenvalue weighted by Gasteiger charge is -2.09. The molecule has 17 heavy (non-hydrogen) atoms. The third-order valence-corrected chi connectivity index (χ3v) is 3.26. The molecule has 3 heteroatoms. The molecule has 1 heterocycles. The number of carbonyl (C=O) groups is 1. The molecule has 0 radical (unpaired) electrons. The molecule has 1 aromatic carbocycles. The Labute approximate surface area is 102 Å². The van der Waals surface area contributed by atoms with Crippen molar-refractivity contribution < 1.29 is 4.79 Å². The van der Waals surface area contributed by atoms with Gasteiger partial charge in [0.15, 0.2) is 0 Å². The van der Waals surface area contributed by atoms with Gasteiger partial charge in [-0.1, -0.05) is 12.1 Å². The van der Waals surface area contributed by atoms with Crippen molar-refractivity contribution in [2.75, 3.05) is 14.1 Å².